The Morgan fingerprint density at radius 2 is 2.18 bits per heavy atom. The molecule has 1 rings (SSSR count). The van der Waals surface area contributed by atoms with E-state index in [0.717, 1.165) is 13.1 Å². The molecule has 0 aromatic rings. The summed E-state index contributed by atoms with van der Waals surface area (Å²) in [5.41, 5.74) is 0. The molecule has 0 saturated carbocycles. The van der Waals surface area contributed by atoms with Gasteiger partial charge in [-0.25, -0.2) is 0 Å². The summed E-state index contributed by atoms with van der Waals surface area (Å²) >= 11 is 0. The van der Waals surface area contributed by atoms with Crippen molar-refractivity contribution < 1.29 is 5.11 Å². The van der Waals surface area contributed by atoms with Crippen LogP contribution < -0.4 is 5.32 Å². The van der Waals surface area contributed by atoms with Gasteiger partial charge in [0.25, 0.3) is 0 Å². The highest BCUT2D eigenvalue weighted by Crippen LogP contribution is 2.15. The smallest absolute Gasteiger partial charge is 0.0597 e. The molecule has 4 heteroatoms. The second kappa shape index (κ2) is 7.31. The number of nitrogens with one attached hydrogen (secondary N) is 1. The van der Waals surface area contributed by atoms with E-state index in [4.69, 9.17) is 0 Å². The molecule has 1 aliphatic rings. The first-order valence-corrected chi connectivity index (χ1v) is 6.78. The van der Waals surface area contributed by atoms with Gasteiger partial charge in [-0.2, -0.15) is 0 Å². The number of likely N-dealkylation sites (N-methyl/N-ethyl adjacent to an activating group) is 2. The van der Waals surface area contributed by atoms with Gasteiger partial charge in [-0.05, 0) is 33.5 Å². The van der Waals surface area contributed by atoms with Crippen LogP contribution in [-0.2, 0) is 0 Å². The maximum absolute atomic E-state index is 9.34. The molecule has 1 fully saturated rings. The monoisotopic (exact) mass is 243 g/mol. The van der Waals surface area contributed by atoms with Crippen LogP contribution in [-0.4, -0.2) is 73.4 Å². The summed E-state index contributed by atoms with van der Waals surface area (Å²) in [5.74, 6) is 0. The molecule has 0 aromatic heterocycles. The molecule has 1 heterocycles. The molecule has 0 bridgehead atoms. The molecule has 2 atom stereocenters. The van der Waals surface area contributed by atoms with E-state index in [1.165, 1.54) is 19.4 Å². The van der Waals surface area contributed by atoms with Crippen LogP contribution in [0.3, 0.4) is 0 Å². The lowest BCUT2D eigenvalue weighted by Gasteiger charge is -2.29. The highest BCUT2D eigenvalue weighted by Gasteiger charge is 2.23. The van der Waals surface area contributed by atoms with E-state index in [2.05, 4.69) is 43.1 Å². The summed E-state index contributed by atoms with van der Waals surface area (Å²) in [7, 11) is 4.36. The molecule has 1 aliphatic heterocycles. The van der Waals surface area contributed by atoms with E-state index in [0.29, 0.717) is 12.1 Å². The predicted molar refractivity (Wildman–Crippen MR) is 72.3 cm³/mol. The minimum Gasteiger partial charge on any atom is -0.395 e. The SMILES string of the molecule is CC(C)NC(CO)CN(C)CC1CCCN1C. The molecule has 0 amide bonds. The van der Waals surface area contributed by atoms with Gasteiger partial charge >= 0.3 is 0 Å². The molecule has 0 aromatic carbocycles. The van der Waals surface area contributed by atoms with E-state index < -0.39 is 0 Å². The van der Waals surface area contributed by atoms with Crippen molar-refractivity contribution in [2.45, 2.75) is 44.8 Å². The van der Waals surface area contributed by atoms with Crippen LogP contribution in [0.15, 0.2) is 0 Å². The van der Waals surface area contributed by atoms with Gasteiger partial charge in [-0.3, -0.25) is 0 Å². The van der Waals surface area contributed by atoms with Crippen molar-refractivity contribution in [2.24, 2.45) is 0 Å². The third-order valence-corrected chi connectivity index (χ3v) is 3.52. The molecule has 102 valence electrons. The molecule has 17 heavy (non-hydrogen) atoms. The number of nitrogens with zero attached hydrogens (tertiary/aromatic N) is 2. The average Bonchev–Trinajstić information content (AvgIpc) is 2.62. The zero-order valence-electron chi connectivity index (χ0n) is 11.8. The van der Waals surface area contributed by atoms with Crippen molar-refractivity contribution in [3.8, 4) is 0 Å². The summed E-state index contributed by atoms with van der Waals surface area (Å²) in [6.45, 7) is 7.70. The largest absolute Gasteiger partial charge is 0.395 e. The van der Waals surface area contributed by atoms with Crippen LogP contribution in [0.1, 0.15) is 26.7 Å². The van der Waals surface area contributed by atoms with Crippen LogP contribution in [0.2, 0.25) is 0 Å². The number of hydrogen-bond donors (Lipinski definition) is 2. The second-order valence-corrected chi connectivity index (χ2v) is 5.70. The number of likely N-dealkylation sites (tertiary alicyclic amines) is 1. The summed E-state index contributed by atoms with van der Waals surface area (Å²) in [4.78, 5) is 4.78. The van der Waals surface area contributed by atoms with Crippen molar-refractivity contribution in [2.75, 3.05) is 40.3 Å². The van der Waals surface area contributed by atoms with Crippen molar-refractivity contribution in [3.63, 3.8) is 0 Å². The van der Waals surface area contributed by atoms with Crippen LogP contribution in [0.4, 0.5) is 0 Å². The van der Waals surface area contributed by atoms with Crippen LogP contribution >= 0.6 is 0 Å². The first-order valence-electron chi connectivity index (χ1n) is 6.78. The molecule has 0 aliphatic carbocycles. The molecular weight excluding hydrogens is 214 g/mol. The Labute approximate surface area is 106 Å². The highest BCUT2D eigenvalue weighted by molar-refractivity contribution is 4.80. The molecule has 4 nitrogen and oxygen atoms in total. The van der Waals surface area contributed by atoms with Gasteiger partial charge in [0.15, 0.2) is 0 Å². The Bertz CT molecular complexity index is 211. The van der Waals surface area contributed by atoms with E-state index in [1.54, 1.807) is 0 Å². The Balaban J connectivity index is 2.29. The molecule has 1 saturated heterocycles. The van der Waals surface area contributed by atoms with Crippen molar-refractivity contribution in [1.82, 2.24) is 15.1 Å². The summed E-state index contributed by atoms with van der Waals surface area (Å²) in [5, 5.41) is 12.7. The molecule has 0 radical (unpaired) electrons. The molecule has 2 unspecified atom stereocenters. The normalized spacial score (nSPS) is 23.8. The maximum atomic E-state index is 9.34. The third-order valence-electron chi connectivity index (χ3n) is 3.52. The first kappa shape index (κ1) is 14.9. The first-order chi connectivity index (χ1) is 8.02. The van der Waals surface area contributed by atoms with Gasteiger partial charge in [-0.15, -0.1) is 0 Å². The van der Waals surface area contributed by atoms with Gasteiger partial charge in [0.1, 0.15) is 0 Å². The minimum absolute atomic E-state index is 0.187. The zero-order chi connectivity index (χ0) is 12.8. The van der Waals surface area contributed by atoms with Crippen LogP contribution in [0.5, 0.6) is 0 Å². The standard InChI is InChI=1S/C13H29N3O/c1-11(2)14-12(10-17)8-15(3)9-13-6-5-7-16(13)4/h11-14,17H,5-10H2,1-4H3. The Morgan fingerprint density at radius 3 is 2.65 bits per heavy atom. The highest BCUT2D eigenvalue weighted by atomic mass is 16.3. The van der Waals surface area contributed by atoms with Crippen molar-refractivity contribution in [1.29, 1.82) is 0 Å². The predicted octanol–water partition coefficient (Wildman–Crippen LogP) is 0.371. The zero-order valence-corrected chi connectivity index (χ0v) is 11.8. The second-order valence-electron chi connectivity index (χ2n) is 5.70. The van der Waals surface area contributed by atoms with Crippen LogP contribution in [0.25, 0.3) is 0 Å². The molecule has 2 N–H and O–H groups in total. The lowest BCUT2D eigenvalue weighted by atomic mass is 10.2. The number of aliphatic hydroxyl groups excluding tert-OH is 1. The van der Waals surface area contributed by atoms with Gasteiger partial charge in [-0.1, -0.05) is 13.8 Å². The Hall–Kier alpha value is -0.160. The fraction of sp³-hybridized carbons (Fsp3) is 1.00. The van der Waals surface area contributed by atoms with Crippen LogP contribution in [0, 0.1) is 0 Å². The quantitative estimate of drug-likeness (QED) is 0.678. The van der Waals surface area contributed by atoms with E-state index in [-0.39, 0.29) is 12.6 Å². The molecular formula is C13H29N3O. The van der Waals surface area contributed by atoms with Gasteiger partial charge < -0.3 is 20.2 Å². The van der Waals surface area contributed by atoms with E-state index in [1.807, 2.05) is 0 Å². The lowest BCUT2D eigenvalue weighted by Crippen LogP contribution is -2.47. The summed E-state index contributed by atoms with van der Waals surface area (Å²) < 4.78 is 0. The Kier molecular flexibility index (Phi) is 6.41. The van der Waals surface area contributed by atoms with Crippen molar-refractivity contribution >= 4 is 0 Å². The lowest BCUT2D eigenvalue weighted by molar-refractivity contribution is 0.167. The molecule has 0 spiro atoms. The number of rotatable bonds is 7. The van der Waals surface area contributed by atoms with Gasteiger partial charge in [0.05, 0.1) is 6.61 Å². The maximum Gasteiger partial charge on any atom is 0.0597 e. The van der Waals surface area contributed by atoms with Gasteiger partial charge in [0.2, 0.25) is 0 Å². The topological polar surface area (TPSA) is 38.7 Å². The number of hydrogen-bond acceptors (Lipinski definition) is 4. The van der Waals surface area contributed by atoms with Gasteiger partial charge in [0, 0.05) is 31.2 Å². The third kappa shape index (κ3) is 5.34. The fourth-order valence-corrected chi connectivity index (χ4v) is 2.66. The fourth-order valence-electron chi connectivity index (χ4n) is 2.66. The Morgan fingerprint density at radius 1 is 1.47 bits per heavy atom. The summed E-state index contributed by atoms with van der Waals surface area (Å²) in [6, 6.07) is 1.31. The summed E-state index contributed by atoms with van der Waals surface area (Å²) in [6.07, 6.45) is 2.63. The van der Waals surface area contributed by atoms with E-state index in [9.17, 15) is 5.11 Å². The minimum atomic E-state index is 0.187. The van der Waals surface area contributed by atoms with E-state index >= 15 is 0 Å². The average molecular weight is 243 g/mol. The number of aliphatic hydroxyl groups is 1. The van der Waals surface area contributed by atoms with Crippen molar-refractivity contribution in [3.05, 3.63) is 0 Å².